The van der Waals surface area contributed by atoms with Crippen LogP contribution in [0.5, 0.6) is 5.75 Å². The molecule has 0 fully saturated rings. The summed E-state index contributed by atoms with van der Waals surface area (Å²) in [6.07, 6.45) is 11.8. The van der Waals surface area contributed by atoms with Gasteiger partial charge in [-0.2, -0.15) is 0 Å². The summed E-state index contributed by atoms with van der Waals surface area (Å²) < 4.78 is 6.49. The molecule has 0 aromatic heterocycles. The average molecular weight is 740 g/mol. The Hall–Kier alpha value is -3.40. The zero-order chi connectivity index (χ0) is 32.8. The van der Waals surface area contributed by atoms with Gasteiger partial charge in [-0.25, -0.2) is 0 Å². The fourth-order valence-corrected chi connectivity index (χ4v) is 5.94. The van der Waals surface area contributed by atoms with Crippen LogP contribution < -0.4 is 15.4 Å². The monoisotopic (exact) mass is 739 g/mol. The molecule has 0 atom stereocenters. The number of nitrogens with zero attached hydrogens (tertiary/aromatic N) is 1. The highest BCUT2D eigenvalue weighted by atomic mass is 127. The van der Waals surface area contributed by atoms with E-state index >= 15 is 0 Å². The Bertz CT molecular complexity index is 1320. The second-order valence-electron chi connectivity index (χ2n) is 11.7. The van der Waals surface area contributed by atoms with Crippen LogP contribution in [0.1, 0.15) is 74.5 Å². The van der Waals surface area contributed by atoms with Gasteiger partial charge in [0.15, 0.2) is 0 Å². The number of nitrogens with one attached hydrogen (secondary N) is 2. The van der Waals surface area contributed by atoms with Gasteiger partial charge in [0.25, 0.3) is 0 Å². The Morgan fingerprint density at radius 3 is 1.76 bits per heavy atom. The second-order valence-corrected chi connectivity index (χ2v) is 13.0. The van der Waals surface area contributed by atoms with E-state index in [1.165, 1.54) is 46.1 Å². The quantitative estimate of drug-likeness (QED) is 0.0868. The van der Waals surface area contributed by atoms with Crippen LogP contribution in [-0.2, 0) is 33.6 Å². The van der Waals surface area contributed by atoms with Gasteiger partial charge in [0, 0.05) is 23.1 Å². The number of carbonyl (C=O) groups excluding carboxylic acids is 3. The highest BCUT2D eigenvalue weighted by Crippen LogP contribution is 2.15. The summed E-state index contributed by atoms with van der Waals surface area (Å²) >= 11 is 2.37. The molecule has 0 saturated heterocycles. The van der Waals surface area contributed by atoms with Crippen molar-refractivity contribution in [2.45, 2.75) is 77.0 Å². The van der Waals surface area contributed by atoms with Gasteiger partial charge in [-0.3, -0.25) is 14.4 Å². The minimum absolute atomic E-state index is 0.123. The Labute approximate surface area is 289 Å². The maximum absolute atomic E-state index is 13.2. The molecule has 46 heavy (non-hydrogen) atoms. The van der Waals surface area contributed by atoms with Crippen LogP contribution in [-0.4, -0.2) is 55.9 Å². The fourth-order valence-electron chi connectivity index (χ4n) is 5.34. The summed E-state index contributed by atoms with van der Waals surface area (Å²) in [6.45, 7) is 0.671. The Morgan fingerprint density at radius 2 is 1.17 bits per heavy atom. The molecular formula is C38H50IN3O4. The molecular weight excluding hydrogens is 689 g/mol. The van der Waals surface area contributed by atoms with E-state index in [-0.39, 0.29) is 30.8 Å². The molecule has 2 N–H and O–H groups in total. The molecule has 0 spiro atoms. The standard InChI is InChI=1S/C38H50IN3O4/c1-46-35-22-20-32(21-23-35)25-27-41-37(44)30-42(29-36(43)40-26-24-31-14-10-8-11-15-31)38(45)19-12-7-5-3-2-4-6-9-16-33-17-13-18-34(39)28-33/h8,10-11,13-15,17-18,20-23,28H,2-7,9,12,16,19,24-27,29-30H2,1H3,(H,40,43)(H,41,44). The van der Waals surface area contributed by atoms with Crippen molar-refractivity contribution in [3.05, 3.63) is 99.1 Å². The van der Waals surface area contributed by atoms with E-state index in [2.05, 4.69) is 57.5 Å². The Morgan fingerprint density at radius 1 is 0.630 bits per heavy atom. The summed E-state index contributed by atoms with van der Waals surface area (Å²) in [5.74, 6) is 0.116. The molecule has 3 rings (SSSR count). The first-order valence-corrected chi connectivity index (χ1v) is 17.7. The molecule has 0 heterocycles. The van der Waals surface area contributed by atoms with E-state index in [0.717, 1.165) is 42.6 Å². The first-order valence-electron chi connectivity index (χ1n) is 16.7. The predicted octanol–water partition coefficient (Wildman–Crippen LogP) is 6.90. The van der Waals surface area contributed by atoms with Gasteiger partial charge in [-0.05, 0) is 95.7 Å². The molecule has 0 radical (unpaired) electrons. The van der Waals surface area contributed by atoms with Crippen molar-refractivity contribution in [3.8, 4) is 5.75 Å². The van der Waals surface area contributed by atoms with Gasteiger partial charge in [0.2, 0.25) is 17.7 Å². The van der Waals surface area contributed by atoms with E-state index in [1.54, 1.807) is 7.11 Å². The van der Waals surface area contributed by atoms with Gasteiger partial charge < -0.3 is 20.3 Å². The van der Waals surface area contributed by atoms with Crippen molar-refractivity contribution in [3.63, 3.8) is 0 Å². The molecule has 248 valence electrons. The lowest BCUT2D eigenvalue weighted by molar-refractivity contribution is -0.139. The number of unbranched alkanes of at least 4 members (excludes halogenated alkanes) is 7. The van der Waals surface area contributed by atoms with Crippen LogP contribution in [0.4, 0.5) is 0 Å². The first kappa shape index (κ1) is 37.1. The van der Waals surface area contributed by atoms with Crippen molar-refractivity contribution >= 4 is 40.3 Å². The van der Waals surface area contributed by atoms with E-state index < -0.39 is 0 Å². The van der Waals surface area contributed by atoms with Crippen molar-refractivity contribution < 1.29 is 19.1 Å². The predicted molar refractivity (Wildman–Crippen MR) is 194 cm³/mol. The summed E-state index contributed by atoms with van der Waals surface area (Å²) in [5.41, 5.74) is 3.63. The highest BCUT2D eigenvalue weighted by molar-refractivity contribution is 14.1. The molecule has 0 saturated carbocycles. The minimum atomic E-state index is -0.263. The van der Waals surface area contributed by atoms with E-state index in [4.69, 9.17) is 4.74 Å². The number of amides is 3. The second kappa shape index (κ2) is 22.2. The molecule has 3 aromatic rings. The third kappa shape index (κ3) is 15.7. The van der Waals surface area contributed by atoms with Crippen molar-refractivity contribution in [2.75, 3.05) is 33.3 Å². The smallest absolute Gasteiger partial charge is 0.239 e. The summed E-state index contributed by atoms with van der Waals surface area (Å²) in [6, 6.07) is 26.4. The van der Waals surface area contributed by atoms with Crippen LogP contribution in [0.3, 0.4) is 0 Å². The number of hydrogen-bond donors (Lipinski definition) is 2. The van der Waals surface area contributed by atoms with Crippen LogP contribution in [0, 0.1) is 3.57 Å². The number of halogens is 1. The first-order chi connectivity index (χ1) is 22.4. The maximum atomic E-state index is 13.2. The van der Waals surface area contributed by atoms with Gasteiger partial charge in [-0.1, -0.05) is 93.1 Å². The zero-order valence-corrected chi connectivity index (χ0v) is 29.4. The van der Waals surface area contributed by atoms with Gasteiger partial charge in [0.05, 0.1) is 7.11 Å². The Kier molecular flexibility index (Phi) is 17.9. The van der Waals surface area contributed by atoms with E-state index in [1.807, 2.05) is 54.6 Å². The molecule has 8 heteroatoms. The number of ether oxygens (including phenoxy) is 1. The third-order valence-corrected chi connectivity index (χ3v) is 8.66. The van der Waals surface area contributed by atoms with E-state index in [9.17, 15) is 14.4 Å². The lowest BCUT2D eigenvalue weighted by atomic mass is 10.0. The van der Waals surface area contributed by atoms with Gasteiger partial charge in [0.1, 0.15) is 18.8 Å². The topological polar surface area (TPSA) is 87.7 Å². The van der Waals surface area contributed by atoms with Crippen LogP contribution in [0.2, 0.25) is 0 Å². The number of rotatable bonds is 22. The molecule has 0 unspecified atom stereocenters. The number of aryl methyl sites for hydroxylation is 1. The molecule has 0 aliphatic heterocycles. The molecule has 0 aliphatic rings. The average Bonchev–Trinajstić information content (AvgIpc) is 3.06. The van der Waals surface area contributed by atoms with Crippen molar-refractivity contribution in [2.24, 2.45) is 0 Å². The van der Waals surface area contributed by atoms with Gasteiger partial charge in [-0.15, -0.1) is 0 Å². The lowest BCUT2D eigenvalue weighted by Crippen LogP contribution is -2.46. The summed E-state index contributed by atoms with van der Waals surface area (Å²) in [7, 11) is 1.63. The number of benzene rings is 3. The number of methoxy groups -OCH3 is 1. The van der Waals surface area contributed by atoms with Crippen molar-refractivity contribution in [1.82, 2.24) is 15.5 Å². The van der Waals surface area contributed by atoms with Gasteiger partial charge >= 0.3 is 0 Å². The zero-order valence-electron chi connectivity index (χ0n) is 27.3. The Balaban J connectivity index is 1.35. The molecule has 0 bridgehead atoms. The lowest BCUT2D eigenvalue weighted by Gasteiger charge is -2.22. The summed E-state index contributed by atoms with van der Waals surface area (Å²) in [4.78, 5) is 40.1. The fraction of sp³-hybridized carbons (Fsp3) is 0.447. The third-order valence-electron chi connectivity index (χ3n) is 7.99. The van der Waals surface area contributed by atoms with Crippen LogP contribution >= 0.6 is 22.6 Å². The molecule has 3 amide bonds. The largest absolute Gasteiger partial charge is 0.497 e. The maximum Gasteiger partial charge on any atom is 0.239 e. The van der Waals surface area contributed by atoms with Crippen LogP contribution in [0.25, 0.3) is 0 Å². The van der Waals surface area contributed by atoms with Crippen LogP contribution in [0.15, 0.2) is 78.9 Å². The highest BCUT2D eigenvalue weighted by Gasteiger charge is 2.20. The normalized spacial score (nSPS) is 10.7. The van der Waals surface area contributed by atoms with Crippen molar-refractivity contribution in [1.29, 1.82) is 0 Å². The molecule has 0 aliphatic carbocycles. The number of carbonyl (C=O) groups is 3. The van der Waals surface area contributed by atoms with E-state index in [0.29, 0.717) is 32.4 Å². The molecule has 7 nitrogen and oxygen atoms in total. The summed E-state index contributed by atoms with van der Waals surface area (Å²) in [5, 5.41) is 5.81. The molecule has 3 aromatic carbocycles. The minimum Gasteiger partial charge on any atom is -0.497 e. The SMILES string of the molecule is COc1ccc(CCNC(=O)CN(CC(=O)NCCc2ccccc2)C(=O)CCCCCCCCCCc2cccc(I)c2)cc1. The number of hydrogen-bond acceptors (Lipinski definition) is 4.